The average molecular weight is 286 g/mol. The Kier molecular flexibility index (Phi) is 11.3. The van der Waals surface area contributed by atoms with Gasteiger partial charge in [0, 0.05) is 19.1 Å². The maximum Gasteiger partial charge on any atom is 0.236 e. The number of rotatable bonds is 4. The molecule has 1 aliphatic rings. The van der Waals surface area contributed by atoms with Crippen molar-refractivity contribution in [2.45, 2.75) is 45.2 Å². The summed E-state index contributed by atoms with van der Waals surface area (Å²) in [5, 5.41) is 2.99. The van der Waals surface area contributed by atoms with E-state index < -0.39 is 6.04 Å². The van der Waals surface area contributed by atoms with E-state index in [4.69, 9.17) is 5.73 Å². The number of amides is 1. The van der Waals surface area contributed by atoms with Crippen LogP contribution in [-0.4, -0.2) is 42.5 Å². The molecule has 104 valence electrons. The molecular weight excluding hydrogens is 261 g/mol. The molecule has 4 nitrogen and oxygen atoms in total. The van der Waals surface area contributed by atoms with Gasteiger partial charge in [-0.05, 0) is 32.7 Å². The molecule has 1 rings (SSSR count). The molecule has 0 aromatic rings. The molecule has 1 aliphatic heterocycles. The third kappa shape index (κ3) is 7.09. The minimum atomic E-state index is -0.390. The number of hydrogen-bond acceptors (Lipinski definition) is 3. The van der Waals surface area contributed by atoms with Crippen LogP contribution >= 0.6 is 24.8 Å². The van der Waals surface area contributed by atoms with Crippen LogP contribution in [-0.2, 0) is 4.79 Å². The van der Waals surface area contributed by atoms with Gasteiger partial charge in [-0.15, -0.1) is 24.8 Å². The summed E-state index contributed by atoms with van der Waals surface area (Å²) < 4.78 is 0. The molecule has 0 spiro atoms. The van der Waals surface area contributed by atoms with Gasteiger partial charge in [0.2, 0.25) is 5.91 Å². The smallest absolute Gasteiger partial charge is 0.236 e. The standard InChI is InChI=1S/C11H23N3O.2ClH/c1-3-6-14-7-4-10(5-8-14)13-11(15)9(2)12;;/h9-10H,3-8,12H2,1-2H3,(H,13,15);2*1H/t9-;;/m1../s1. The largest absolute Gasteiger partial charge is 0.352 e. The van der Waals surface area contributed by atoms with E-state index in [-0.39, 0.29) is 30.7 Å². The van der Waals surface area contributed by atoms with Gasteiger partial charge in [0.25, 0.3) is 0 Å². The molecule has 1 heterocycles. The minimum Gasteiger partial charge on any atom is -0.352 e. The van der Waals surface area contributed by atoms with Crippen molar-refractivity contribution in [3.05, 3.63) is 0 Å². The van der Waals surface area contributed by atoms with Gasteiger partial charge in [-0.1, -0.05) is 6.92 Å². The number of piperidine rings is 1. The van der Waals surface area contributed by atoms with E-state index in [1.54, 1.807) is 6.92 Å². The highest BCUT2D eigenvalue weighted by molar-refractivity contribution is 5.85. The summed E-state index contributed by atoms with van der Waals surface area (Å²) in [4.78, 5) is 13.8. The molecule has 0 aliphatic carbocycles. The fourth-order valence-electron chi connectivity index (χ4n) is 1.95. The summed E-state index contributed by atoms with van der Waals surface area (Å²) in [6, 6.07) is -0.0599. The lowest BCUT2D eigenvalue weighted by Gasteiger charge is -2.32. The fraction of sp³-hybridized carbons (Fsp3) is 0.909. The summed E-state index contributed by atoms with van der Waals surface area (Å²) in [5.41, 5.74) is 5.51. The Hall–Kier alpha value is -0.0300. The molecule has 6 heteroatoms. The minimum absolute atomic E-state index is 0. The van der Waals surface area contributed by atoms with Crippen LogP contribution in [0.3, 0.4) is 0 Å². The van der Waals surface area contributed by atoms with E-state index in [1.165, 1.54) is 13.0 Å². The Morgan fingerprint density at radius 2 is 1.94 bits per heavy atom. The molecule has 3 N–H and O–H groups in total. The van der Waals surface area contributed by atoms with Crippen LogP contribution in [0.1, 0.15) is 33.1 Å². The van der Waals surface area contributed by atoms with Crippen molar-refractivity contribution in [2.75, 3.05) is 19.6 Å². The second-order valence-electron chi connectivity index (χ2n) is 4.41. The van der Waals surface area contributed by atoms with E-state index in [0.29, 0.717) is 6.04 Å². The zero-order chi connectivity index (χ0) is 11.3. The van der Waals surface area contributed by atoms with Crippen molar-refractivity contribution in [1.82, 2.24) is 10.2 Å². The summed E-state index contributed by atoms with van der Waals surface area (Å²) in [6.45, 7) is 7.29. The topological polar surface area (TPSA) is 58.4 Å². The zero-order valence-electron chi connectivity index (χ0n) is 10.6. The summed E-state index contributed by atoms with van der Waals surface area (Å²) in [5.74, 6) is -0.0241. The first-order valence-corrected chi connectivity index (χ1v) is 5.91. The maximum absolute atomic E-state index is 11.4. The highest BCUT2D eigenvalue weighted by Crippen LogP contribution is 2.10. The van der Waals surface area contributed by atoms with Gasteiger partial charge >= 0.3 is 0 Å². The molecule has 0 aromatic heterocycles. The SMILES string of the molecule is CCCN1CCC(NC(=O)[C@@H](C)N)CC1.Cl.Cl. The van der Waals surface area contributed by atoms with Crippen LogP contribution in [0.15, 0.2) is 0 Å². The second-order valence-corrected chi connectivity index (χ2v) is 4.41. The van der Waals surface area contributed by atoms with Crippen LogP contribution < -0.4 is 11.1 Å². The number of nitrogens with zero attached hydrogens (tertiary/aromatic N) is 1. The highest BCUT2D eigenvalue weighted by atomic mass is 35.5. The number of halogens is 2. The Morgan fingerprint density at radius 1 is 1.41 bits per heavy atom. The highest BCUT2D eigenvalue weighted by Gasteiger charge is 2.20. The Bertz CT molecular complexity index is 207. The summed E-state index contributed by atoms with van der Waals surface area (Å²) >= 11 is 0. The number of carbonyl (C=O) groups excluding carboxylic acids is 1. The lowest BCUT2D eigenvalue weighted by Crippen LogP contribution is -2.48. The van der Waals surface area contributed by atoms with Crippen molar-refractivity contribution in [1.29, 1.82) is 0 Å². The van der Waals surface area contributed by atoms with Crippen LogP contribution in [0.25, 0.3) is 0 Å². The number of likely N-dealkylation sites (tertiary alicyclic amines) is 1. The van der Waals surface area contributed by atoms with Gasteiger partial charge in [-0.2, -0.15) is 0 Å². The van der Waals surface area contributed by atoms with Crippen LogP contribution in [0.2, 0.25) is 0 Å². The maximum atomic E-state index is 11.4. The molecule has 0 radical (unpaired) electrons. The molecule has 0 aromatic carbocycles. The number of carbonyl (C=O) groups is 1. The number of hydrogen-bond donors (Lipinski definition) is 2. The molecule has 0 saturated carbocycles. The average Bonchev–Trinajstić information content (AvgIpc) is 2.21. The Morgan fingerprint density at radius 3 is 2.35 bits per heavy atom. The van der Waals surface area contributed by atoms with Crippen LogP contribution in [0.4, 0.5) is 0 Å². The van der Waals surface area contributed by atoms with E-state index >= 15 is 0 Å². The van der Waals surface area contributed by atoms with E-state index in [0.717, 1.165) is 25.9 Å². The first kappa shape index (κ1) is 19.3. The predicted octanol–water partition coefficient (Wildman–Crippen LogP) is 1.17. The third-order valence-corrected chi connectivity index (χ3v) is 2.89. The van der Waals surface area contributed by atoms with Crippen molar-refractivity contribution < 1.29 is 4.79 Å². The molecule has 1 fully saturated rings. The number of nitrogens with one attached hydrogen (secondary N) is 1. The second kappa shape index (κ2) is 9.95. The summed E-state index contributed by atoms with van der Waals surface area (Å²) in [6.07, 6.45) is 3.31. The third-order valence-electron chi connectivity index (χ3n) is 2.89. The van der Waals surface area contributed by atoms with Crippen molar-refractivity contribution >= 4 is 30.7 Å². The predicted molar refractivity (Wildman–Crippen MR) is 76.0 cm³/mol. The zero-order valence-corrected chi connectivity index (χ0v) is 12.3. The monoisotopic (exact) mass is 285 g/mol. The normalized spacial score (nSPS) is 18.8. The molecule has 1 saturated heterocycles. The van der Waals surface area contributed by atoms with Gasteiger partial charge in [-0.25, -0.2) is 0 Å². The van der Waals surface area contributed by atoms with Crippen LogP contribution in [0, 0.1) is 0 Å². The Balaban J connectivity index is 0. The molecule has 0 unspecified atom stereocenters. The van der Waals surface area contributed by atoms with E-state index in [1.807, 2.05) is 0 Å². The molecule has 1 atom stereocenters. The fourth-order valence-corrected chi connectivity index (χ4v) is 1.95. The van der Waals surface area contributed by atoms with E-state index in [2.05, 4.69) is 17.1 Å². The lowest BCUT2D eigenvalue weighted by molar-refractivity contribution is -0.123. The first-order chi connectivity index (χ1) is 7.13. The first-order valence-electron chi connectivity index (χ1n) is 5.91. The Labute approximate surface area is 117 Å². The van der Waals surface area contributed by atoms with Gasteiger partial charge in [-0.3, -0.25) is 4.79 Å². The van der Waals surface area contributed by atoms with Crippen molar-refractivity contribution in [2.24, 2.45) is 5.73 Å². The molecule has 0 bridgehead atoms. The van der Waals surface area contributed by atoms with Crippen molar-refractivity contribution in [3.63, 3.8) is 0 Å². The van der Waals surface area contributed by atoms with Crippen molar-refractivity contribution in [3.8, 4) is 0 Å². The molecule has 17 heavy (non-hydrogen) atoms. The lowest BCUT2D eigenvalue weighted by atomic mass is 10.0. The summed E-state index contributed by atoms with van der Waals surface area (Å²) in [7, 11) is 0. The molecule has 1 amide bonds. The van der Waals surface area contributed by atoms with Gasteiger partial charge in [0.05, 0.1) is 6.04 Å². The quantitative estimate of drug-likeness (QED) is 0.815. The number of nitrogens with two attached hydrogens (primary N) is 1. The molecular formula is C11H25Cl2N3O. The van der Waals surface area contributed by atoms with Gasteiger partial charge in [0.1, 0.15) is 0 Å². The van der Waals surface area contributed by atoms with Gasteiger partial charge in [0.15, 0.2) is 0 Å². The van der Waals surface area contributed by atoms with Crippen LogP contribution in [0.5, 0.6) is 0 Å². The van der Waals surface area contributed by atoms with Gasteiger partial charge < -0.3 is 16.0 Å². The van der Waals surface area contributed by atoms with E-state index in [9.17, 15) is 4.79 Å².